The normalized spacial score (nSPS) is 17.1. The van der Waals surface area contributed by atoms with Crippen molar-refractivity contribution in [2.75, 3.05) is 13.1 Å². The van der Waals surface area contributed by atoms with E-state index in [1.54, 1.807) is 15.8 Å². The van der Waals surface area contributed by atoms with Crippen LogP contribution in [0.1, 0.15) is 54.8 Å². The van der Waals surface area contributed by atoms with Crippen molar-refractivity contribution >= 4 is 17.5 Å². The minimum Gasteiger partial charge on any atom is -0.336 e. The second-order valence-corrected chi connectivity index (χ2v) is 7.77. The highest BCUT2D eigenvalue weighted by atomic mass is 35.5. The molecule has 3 heterocycles. The zero-order valence-corrected chi connectivity index (χ0v) is 16.8. The fourth-order valence-corrected chi connectivity index (χ4v) is 3.56. The number of halogens is 2. The lowest BCUT2D eigenvalue weighted by molar-refractivity contribution is 0.0672. The molecule has 10 heteroatoms. The Hall–Kier alpha value is -2.81. The predicted molar refractivity (Wildman–Crippen MR) is 103 cm³/mol. The number of benzene rings is 1. The summed E-state index contributed by atoms with van der Waals surface area (Å²) in [7, 11) is 0. The van der Waals surface area contributed by atoms with Gasteiger partial charge >= 0.3 is 0 Å². The molecular formula is C19H20ClFN6O2. The monoisotopic (exact) mass is 418 g/mol. The zero-order chi connectivity index (χ0) is 20.5. The van der Waals surface area contributed by atoms with Crippen LogP contribution in [0, 0.1) is 5.82 Å². The Morgan fingerprint density at radius 3 is 2.93 bits per heavy atom. The third kappa shape index (κ3) is 4.00. The van der Waals surface area contributed by atoms with Gasteiger partial charge in [-0.3, -0.25) is 4.79 Å². The third-order valence-corrected chi connectivity index (χ3v) is 5.22. The molecule has 8 nitrogen and oxygen atoms in total. The van der Waals surface area contributed by atoms with E-state index in [0.29, 0.717) is 36.1 Å². The Bertz CT molecular complexity index is 1030. The van der Waals surface area contributed by atoms with Crippen LogP contribution in [-0.2, 0) is 0 Å². The van der Waals surface area contributed by atoms with Crippen LogP contribution < -0.4 is 0 Å². The summed E-state index contributed by atoms with van der Waals surface area (Å²) in [5, 5.41) is 12.4. The van der Waals surface area contributed by atoms with Crippen LogP contribution in [0.2, 0.25) is 5.02 Å². The van der Waals surface area contributed by atoms with Gasteiger partial charge in [0.2, 0.25) is 0 Å². The van der Waals surface area contributed by atoms with Gasteiger partial charge < -0.3 is 9.42 Å². The topological polar surface area (TPSA) is 89.9 Å². The van der Waals surface area contributed by atoms with Gasteiger partial charge in [0.1, 0.15) is 5.82 Å². The standard InChI is InChI=1S/C19H20ClFN6O2/c1-11(2)17-22-18(29-24-17)16-10-27(25-23-16)13-4-3-7-26(9-13)19(28)14-6-5-12(21)8-15(14)20/h5-6,8,10-11,13H,3-4,7,9H2,1-2H3. The molecule has 4 rings (SSSR count). The molecule has 29 heavy (non-hydrogen) atoms. The lowest BCUT2D eigenvalue weighted by Crippen LogP contribution is -2.41. The van der Waals surface area contributed by atoms with Crippen LogP contribution in [0.4, 0.5) is 4.39 Å². The summed E-state index contributed by atoms with van der Waals surface area (Å²) in [5.41, 5.74) is 0.787. The van der Waals surface area contributed by atoms with E-state index in [2.05, 4.69) is 20.5 Å². The molecule has 3 aromatic rings. The third-order valence-electron chi connectivity index (χ3n) is 4.91. The second kappa shape index (κ2) is 7.90. The van der Waals surface area contributed by atoms with Gasteiger partial charge in [-0.25, -0.2) is 9.07 Å². The number of amides is 1. The molecule has 0 spiro atoms. The van der Waals surface area contributed by atoms with Gasteiger partial charge in [-0.1, -0.05) is 35.8 Å². The SMILES string of the molecule is CC(C)c1noc(-c2cn(C3CCCN(C(=O)c4ccc(F)cc4Cl)C3)nn2)n1. The van der Waals surface area contributed by atoms with Gasteiger partial charge in [0, 0.05) is 19.0 Å². The van der Waals surface area contributed by atoms with E-state index >= 15 is 0 Å². The molecular weight excluding hydrogens is 399 g/mol. The second-order valence-electron chi connectivity index (χ2n) is 7.37. The Balaban J connectivity index is 1.50. The van der Waals surface area contributed by atoms with Crippen LogP contribution in [0.3, 0.4) is 0 Å². The van der Waals surface area contributed by atoms with Crippen LogP contribution in [0.5, 0.6) is 0 Å². The van der Waals surface area contributed by atoms with E-state index in [4.69, 9.17) is 16.1 Å². The number of aromatic nitrogens is 5. The maximum absolute atomic E-state index is 13.3. The number of carbonyl (C=O) groups excluding carboxylic acids is 1. The zero-order valence-electron chi connectivity index (χ0n) is 16.0. The maximum atomic E-state index is 13.3. The molecule has 1 aliphatic heterocycles. The minimum absolute atomic E-state index is 0.0411. The van der Waals surface area contributed by atoms with Gasteiger partial charge in [-0.2, -0.15) is 4.98 Å². The van der Waals surface area contributed by atoms with E-state index in [-0.39, 0.29) is 22.9 Å². The first kappa shape index (κ1) is 19.5. The molecule has 0 radical (unpaired) electrons. The van der Waals surface area contributed by atoms with Crippen molar-refractivity contribution in [1.82, 2.24) is 30.0 Å². The average Bonchev–Trinajstić information content (AvgIpc) is 3.37. The van der Waals surface area contributed by atoms with Crippen molar-refractivity contribution in [1.29, 1.82) is 0 Å². The van der Waals surface area contributed by atoms with Crippen molar-refractivity contribution in [2.45, 2.75) is 38.6 Å². The largest absolute Gasteiger partial charge is 0.336 e. The summed E-state index contributed by atoms with van der Waals surface area (Å²) in [6.07, 6.45) is 3.41. The highest BCUT2D eigenvalue weighted by Gasteiger charge is 2.28. The first-order chi connectivity index (χ1) is 13.9. The molecule has 2 aromatic heterocycles. The number of rotatable bonds is 4. The number of carbonyl (C=O) groups is 1. The Morgan fingerprint density at radius 1 is 1.38 bits per heavy atom. The Kier molecular flexibility index (Phi) is 5.31. The first-order valence-corrected chi connectivity index (χ1v) is 9.80. The molecule has 1 amide bonds. The van der Waals surface area contributed by atoms with Crippen molar-refractivity contribution in [3.05, 3.63) is 46.6 Å². The smallest absolute Gasteiger partial charge is 0.280 e. The van der Waals surface area contributed by atoms with Crippen LogP contribution in [0.25, 0.3) is 11.6 Å². The van der Waals surface area contributed by atoms with Gasteiger partial charge in [-0.15, -0.1) is 5.10 Å². The summed E-state index contributed by atoms with van der Waals surface area (Å²) in [6.45, 7) is 5.02. The highest BCUT2D eigenvalue weighted by Crippen LogP contribution is 2.26. The predicted octanol–water partition coefficient (Wildman–Crippen LogP) is 3.72. The summed E-state index contributed by atoms with van der Waals surface area (Å²) < 4.78 is 20.3. The van der Waals surface area contributed by atoms with Gasteiger partial charge in [-0.05, 0) is 31.0 Å². The van der Waals surface area contributed by atoms with Gasteiger partial charge in [0.15, 0.2) is 11.5 Å². The molecule has 1 aliphatic rings. The average molecular weight is 419 g/mol. The molecule has 1 atom stereocenters. The highest BCUT2D eigenvalue weighted by molar-refractivity contribution is 6.33. The van der Waals surface area contributed by atoms with E-state index in [0.717, 1.165) is 18.9 Å². The van der Waals surface area contributed by atoms with Crippen molar-refractivity contribution in [2.24, 2.45) is 0 Å². The lowest BCUT2D eigenvalue weighted by atomic mass is 10.0. The number of hydrogen-bond donors (Lipinski definition) is 0. The van der Waals surface area contributed by atoms with Crippen molar-refractivity contribution < 1.29 is 13.7 Å². The Morgan fingerprint density at radius 2 is 2.21 bits per heavy atom. The molecule has 1 unspecified atom stereocenters. The van der Waals surface area contributed by atoms with Gasteiger partial charge in [0.25, 0.3) is 11.8 Å². The summed E-state index contributed by atoms with van der Waals surface area (Å²) in [6, 6.07) is 3.76. The molecule has 1 aromatic carbocycles. The van der Waals surface area contributed by atoms with Crippen LogP contribution in [0.15, 0.2) is 28.9 Å². The number of piperidine rings is 1. The fourth-order valence-electron chi connectivity index (χ4n) is 3.31. The molecule has 152 valence electrons. The first-order valence-electron chi connectivity index (χ1n) is 9.42. The number of nitrogens with zero attached hydrogens (tertiary/aromatic N) is 6. The van der Waals surface area contributed by atoms with Crippen LogP contribution >= 0.6 is 11.6 Å². The summed E-state index contributed by atoms with van der Waals surface area (Å²) in [5.74, 6) is 0.388. The number of likely N-dealkylation sites (tertiary alicyclic amines) is 1. The minimum atomic E-state index is -0.472. The number of hydrogen-bond acceptors (Lipinski definition) is 6. The molecule has 1 saturated heterocycles. The molecule has 0 saturated carbocycles. The van der Waals surface area contributed by atoms with Crippen LogP contribution in [-0.4, -0.2) is 49.0 Å². The van der Waals surface area contributed by atoms with E-state index < -0.39 is 5.82 Å². The molecule has 1 fully saturated rings. The maximum Gasteiger partial charge on any atom is 0.280 e. The van der Waals surface area contributed by atoms with E-state index in [9.17, 15) is 9.18 Å². The molecule has 0 aliphatic carbocycles. The quantitative estimate of drug-likeness (QED) is 0.641. The van der Waals surface area contributed by atoms with E-state index in [1.807, 2.05) is 13.8 Å². The van der Waals surface area contributed by atoms with Crippen molar-refractivity contribution in [3.8, 4) is 11.6 Å². The van der Waals surface area contributed by atoms with Crippen molar-refractivity contribution in [3.63, 3.8) is 0 Å². The summed E-state index contributed by atoms with van der Waals surface area (Å²) in [4.78, 5) is 18.9. The molecule has 0 bridgehead atoms. The summed E-state index contributed by atoms with van der Waals surface area (Å²) >= 11 is 6.05. The Labute approximate surface area is 171 Å². The fraction of sp³-hybridized carbons (Fsp3) is 0.421. The molecule has 0 N–H and O–H groups in total. The lowest BCUT2D eigenvalue weighted by Gasteiger charge is -2.32. The van der Waals surface area contributed by atoms with Gasteiger partial charge in [0.05, 0.1) is 22.8 Å². The van der Waals surface area contributed by atoms with E-state index in [1.165, 1.54) is 12.1 Å².